The molecule has 0 radical (unpaired) electrons. The van der Waals surface area contributed by atoms with Gasteiger partial charge in [0.25, 0.3) is 11.8 Å². The number of amides is 2. The summed E-state index contributed by atoms with van der Waals surface area (Å²) in [5, 5.41) is 2.20. The lowest BCUT2D eigenvalue weighted by molar-refractivity contribution is 0.0879. The van der Waals surface area contributed by atoms with E-state index in [0.717, 1.165) is 0 Å². The second kappa shape index (κ2) is 5.14. The molecule has 0 unspecified atom stereocenters. The van der Waals surface area contributed by atoms with E-state index in [9.17, 15) is 9.59 Å². The Balaban J connectivity index is 0.000000531. The smallest absolute Gasteiger partial charge is 0.258 e. The van der Waals surface area contributed by atoms with Gasteiger partial charge in [-0.05, 0) is 12.1 Å². The molecule has 1 aromatic rings. The van der Waals surface area contributed by atoms with Crippen LogP contribution in [0.3, 0.4) is 0 Å². The maximum absolute atomic E-state index is 10.9. The number of carbonyl (C=O) groups is 2. The van der Waals surface area contributed by atoms with Crippen LogP contribution in [0, 0.1) is 0 Å². The van der Waals surface area contributed by atoms with Crippen molar-refractivity contribution in [2.45, 2.75) is 13.8 Å². The van der Waals surface area contributed by atoms with E-state index in [1.807, 2.05) is 13.8 Å². The molecule has 4 nitrogen and oxygen atoms in total. The number of rotatable bonds is 0. The third-order valence-electron chi connectivity index (χ3n) is 1.64. The van der Waals surface area contributed by atoms with Crippen LogP contribution >= 0.6 is 0 Å². The molecule has 2 amide bonds. The van der Waals surface area contributed by atoms with Crippen LogP contribution in [0.2, 0.25) is 0 Å². The minimum atomic E-state index is -0.300. The number of carbonyl (C=O) groups excluding carboxylic acids is 2. The number of nitrogens with one attached hydrogen (secondary N) is 1. The fourth-order valence-electron chi connectivity index (χ4n) is 1.12. The van der Waals surface area contributed by atoms with Crippen LogP contribution in [0.5, 0.6) is 0 Å². The molecule has 0 aliphatic carbocycles. The number of benzene rings is 1. The van der Waals surface area contributed by atoms with Gasteiger partial charge in [0.2, 0.25) is 0 Å². The Labute approximate surface area is 82.2 Å². The van der Waals surface area contributed by atoms with Gasteiger partial charge in [0, 0.05) is 0 Å². The van der Waals surface area contributed by atoms with E-state index in [4.69, 9.17) is 0 Å². The van der Waals surface area contributed by atoms with Crippen molar-refractivity contribution in [3.05, 3.63) is 35.4 Å². The molecule has 0 fully saturated rings. The number of hydrogen-bond donors (Lipinski definition) is 1. The zero-order valence-corrected chi connectivity index (χ0v) is 8.13. The van der Waals surface area contributed by atoms with Crippen LogP contribution in [0.1, 0.15) is 34.6 Å². The Bertz CT molecular complexity index is 314. The summed E-state index contributed by atoms with van der Waals surface area (Å²) >= 11 is 0. The molecule has 0 bridgehead atoms. The Morgan fingerprint density at radius 1 is 0.929 bits per heavy atom. The highest BCUT2D eigenvalue weighted by atomic mass is 16.2. The van der Waals surface area contributed by atoms with Gasteiger partial charge in [0.15, 0.2) is 0 Å². The minimum Gasteiger partial charge on any atom is -0.412 e. The normalized spacial score (nSPS) is 11.9. The first-order valence-corrected chi connectivity index (χ1v) is 4.24. The molecular formula is C10H13NO3. The molecule has 0 saturated carbocycles. The SMILES string of the molecule is CC.O.O=C1NC(=O)c2ccccc21. The molecule has 3 N–H and O–H groups in total. The van der Waals surface area contributed by atoms with Crippen molar-refractivity contribution in [3.8, 4) is 0 Å². The third-order valence-corrected chi connectivity index (χ3v) is 1.64. The van der Waals surface area contributed by atoms with Crippen molar-refractivity contribution >= 4 is 11.8 Å². The first-order valence-electron chi connectivity index (χ1n) is 4.24. The molecule has 76 valence electrons. The molecule has 0 spiro atoms. The standard InChI is InChI=1S/C8H5NO2.C2H6.H2O/c10-7-5-3-1-2-4-6(5)8(11)9-7;1-2;/h1-4H,(H,9,10,11);1-2H3;1H2. The first-order chi connectivity index (χ1) is 6.29. The van der Waals surface area contributed by atoms with Crippen LogP contribution in [-0.2, 0) is 0 Å². The summed E-state index contributed by atoms with van der Waals surface area (Å²) in [4.78, 5) is 21.9. The number of hydrogen-bond acceptors (Lipinski definition) is 2. The van der Waals surface area contributed by atoms with Gasteiger partial charge in [0.05, 0.1) is 11.1 Å². The predicted molar refractivity (Wildman–Crippen MR) is 53.2 cm³/mol. The molecule has 1 heterocycles. The summed E-state index contributed by atoms with van der Waals surface area (Å²) in [6, 6.07) is 6.74. The molecule has 0 saturated heterocycles. The lowest BCUT2D eigenvalue weighted by Gasteiger charge is -1.88. The van der Waals surface area contributed by atoms with E-state index < -0.39 is 0 Å². The maximum atomic E-state index is 10.9. The topological polar surface area (TPSA) is 77.7 Å². The average Bonchev–Trinajstić information content (AvgIpc) is 2.47. The van der Waals surface area contributed by atoms with Crippen molar-refractivity contribution < 1.29 is 15.1 Å². The van der Waals surface area contributed by atoms with Crippen molar-refractivity contribution in [2.75, 3.05) is 0 Å². The van der Waals surface area contributed by atoms with Crippen LogP contribution in [0.25, 0.3) is 0 Å². The Morgan fingerprint density at radius 3 is 1.64 bits per heavy atom. The molecule has 14 heavy (non-hydrogen) atoms. The van der Waals surface area contributed by atoms with E-state index in [1.54, 1.807) is 24.3 Å². The highest BCUT2D eigenvalue weighted by Crippen LogP contribution is 2.13. The van der Waals surface area contributed by atoms with Crippen molar-refractivity contribution in [1.29, 1.82) is 0 Å². The van der Waals surface area contributed by atoms with Crippen molar-refractivity contribution in [1.82, 2.24) is 5.32 Å². The molecule has 1 aromatic carbocycles. The van der Waals surface area contributed by atoms with Gasteiger partial charge in [-0.25, -0.2) is 0 Å². The second-order valence-corrected chi connectivity index (χ2v) is 2.33. The molecule has 4 heteroatoms. The fourth-order valence-corrected chi connectivity index (χ4v) is 1.12. The van der Waals surface area contributed by atoms with Crippen LogP contribution in [-0.4, -0.2) is 17.3 Å². The van der Waals surface area contributed by atoms with E-state index in [0.29, 0.717) is 11.1 Å². The van der Waals surface area contributed by atoms with E-state index in [1.165, 1.54) is 0 Å². The molecule has 1 aliphatic rings. The highest BCUT2D eigenvalue weighted by molar-refractivity contribution is 6.21. The predicted octanol–water partition coefficient (Wildman–Crippen LogP) is 0.772. The van der Waals surface area contributed by atoms with Gasteiger partial charge in [-0.1, -0.05) is 26.0 Å². The summed E-state index contributed by atoms with van der Waals surface area (Å²) in [7, 11) is 0. The minimum absolute atomic E-state index is 0. The maximum Gasteiger partial charge on any atom is 0.258 e. The molecule has 0 atom stereocenters. The summed E-state index contributed by atoms with van der Waals surface area (Å²) < 4.78 is 0. The third kappa shape index (κ3) is 1.97. The van der Waals surface area contributed by atoms with Gasteiger partial charge < -0.3 is 5.48 Å². The van der Waals surface area contributed by atoms with Crippen LogP contribution < -0.4 is 5.32 Å². The highest BCUT2D eigenvalue weighted by Gasteiger charge is 2.25. The fraction of sp³-hybridized carbons (Fsp3) is 0.200. The van der Waals surface area contributed by atoms with E-state index in [-0.39, 0.29) is 17.3 Å². The first kappa shape index (κ1) is 12.3. The number of fused-ring (bicyclic) bond motifs is 1. The summed E-state index contributed by atoms with van der Waals surface area (Å²) in [6.07, 6.45) is 0. The lowest BCUT2D eigenvalue weighted by Crippen LogP contribution is -2.19. The quantitative estimate of drug-likeness (QED) is 0.620. The number of imide groups is 1. The Kier molecular flexibility index (Phi) is 4.52. The van der Waals surface area contributed by atoms with Crippen LogP contribution in [0.15, 0.2) is 24.3 Å². The summed E-state index contributed by atoms with van der Waals surface area (Å²) in [5.41, 5.74) is 0.940. The summed E-state index contributed by atoms with van der Waals surface area (Å²) in [6.45, 7) is 4.00. The Hall–Kier alpha value is -1.68. The van der Waals surface area contributed by atoms with Gasteiger partial charge >= 0.3 is 0 Å². The molecule has 0 aromatic heterocycles. The Morgan fingerprint density at radius 2 is 1.29 bits per heavy atom. The molecule has 2 rings (SSSR count). The lowest BCUT2D eigenvalue weighted by atomic mass is 10.1. The van der Waals surface area contributed by atoms with Crippen LogP contribution in [0.4, 0.5) is 0 Å². The second-order valence-electron chi connectivity index (χ2n) is 2.33. The summed E-state index contributed by atoms with van der Waals surface area (Å²) in [5.74, 6) is -0.601. The molecular weight excluding hydrogens is 182 g/mol. The van der Waals surface area contributed by atoms with Crippen molar-refractivity contribution in [3.63, 3.8) is 0 Å². The van der Waals surface area contributed by atoms with Gasteiger partial charge in [-0.3, -0.25) is 14.9 Å². The monoisotopic (exact) mass is 195 g/mol. The van der Waals surface area contributed by atoms with Crippen molar-refractivity contribution in [2.24, 2.45) is 0 Å². The van der Waals surface area contributed by atoms with E-state index in [2.05, 4.69) is 5.32 Å². The zero-order valence-electron chi connectivity index (χ0n) is 8.13. The van der Waals surface area contributed by atoms with Gasteiger partial charge in [0.1, 0.15) is 0 Å². The zero-order chi connectivity index (χ0) is 9.84. The van der Waals surface area contributed by atoms with E-state index >= 15 is 0 Å². The molecule has 1 aliphatic heterocycles. The van der Waals surface area contributed by atoms with Gasteiger partial charge in [-0.15, -0.1) is 0 Å². The largest absolute Gasteiger partial charge is 0.412 e. The average molecular weight is 195 g/mol. The van der Waals surface area contributed by atoms with Gasteiger partial charge in [-0.2, -0.15) is 0 Å².